The fourth-order valence-corrected chi connectivity index (χ4v) is 3.23. The van der Waals surface area contributed by atoms with E-state index in [4.69, 9.17) is 0 Å². The van der Waals surface area contributed by atoms with Crippen molar-refractivity contribution in [2.45, 2.75) is 33.9 Å². The van der Waals surface area contributed by atoms with Gasteiger partial charge in [0.05, 0.1) is 10.9 Å². The lowest BCUT2D eigenvalue weighted by Gasteiger charge is -2.15. The number of para-hydroxylation sites is 1. The van der Waals surface area contributed by atoms with Gasteiger partial charge in [0, 0.05) is 24.8 Å². The molecule has 30 heavy (non-hydrogen) atoms. The van der Waals surface area contributed by atoms with Crippen LogP contribution in [0.5, 0.6) is 0 Å². The first-order valence-corrected chi connectivity index (χ1v) is 9.66. The number of carbonyl (C=O) groups is 2. The summed E-state index contributed by atoms with van der Waals surface area (Å²) in [5.74, 6) is -0.486. The molecule has 156 valence electrons. The van der Waals surface area contributed by atoms with E-state index in [1.807, 2.05) is 13.8 Å². The molecule has 0 aliphatic carbocycles. The zero-order valence-electron chi connectivity index (χ0n) is 17.1. The Labute approximate surface area is 173 Å². The molecule has 0 radical (unpaired) electrons. The van der Waals surface area contributed by atoms with E-state index in [1.54, 1.807) is 48.5 Å². The van der Waals surface area contributed by atoms with Crippen LogP contribution < -0.4 is 21.9 Å². The summed E-state index contributed by atoms with van der Waals surface area (Å²) >= 11 is 0. The SMILES string of the molecule is CC(=O)Nc1ccc(NC(=O)Cn2c(=O)n(CC(C)C)c(=O)c3ccccc32)cc1. The second kappa shape index (κ2) is 8.77. The molecule has 3 aromatic rings. The van der Waals surface area contributed by atoms with Crippen LogP contribution in [0.15, 0.2) is 58.1 Å². The summed E-state index contributed by atoms with van der Waals surface area (Å²) in [6.07, 6.45) is 0. The highest BCUT2D eigenvalue weighted by Gasteiger charge is 2.16. The van der Waals surface area contributed by atoms with E-state index in [-0.39, 0.29) is 30.5 Å². The van der Waals surface area contributed by atoms with Gasteiger partial charge in [0.2, 0.25) is 11.8 Å². The van der Waals surface area contributed by atoms with Crippen LogP contribution in [0, 0.1) is 5.92 Å². The molecule has 8 heteroatoms. The lowest BCUT2D eigenvalue weighted by Crippen LogP contribution is -2.42. The maximum absolute atomic E-state index is 13.0. The predicted molar refractivity (Wildman–Crippen MR) is 117 cm³/mol. The highest BCUT2D eigenvalue weighted by Crippen LogP contribution is 2.14. The van der Waals surface area contributed by atoms with Crippen molar-refractivity contribution in [3.63, 3.8) is 0 Å². The van der Waals surface area contributed by atoms with Gasteiger partial charge in [-0.15, -0.1) is 0 Å². The number of hydrogen-bond donors (Lipinski definition) is 2. The number of nitrogens with one attached hydrogen (secondary N) is 2. The second-order valence-electron chi connectivity index (χ2n) is 7.50. The lowest BCUT2D eigenvalue weighted by molar-refractivity contribution is -0.117. The number of hydrogen-bond acceptors (Lipinski definition) is 4. The Balaban J connectivity index is 1.91. The molecule has 0 aliphatic rings. The Morgan fingerprint density at radius 2 is 1.50 bits per heavy atom. The molecule has 2 amide bonds. The number of nitrogens with zero attached hydrogens (tertiary/aromatic N) is 2. The smallest absolute Gasteiger partial charge is 0.326 e. The van der Waals surface area contributed by atoms with Crippen molar-refractivity contribution < 1.29 is 9.59 Å². The molecule has 2 aromatic carbocycles. The number of rotatable bonds is 6. The molecule has 3 rings (SSSR count). The molecule has 1 heterocycles. The highest BCUT2D eigenvalue weighted by molar-refractivity contribution is 5.92. The number of aromatic nitrogens is 2. The maximum Gasteiger partial charge on any atom is 0.331 e. The van der Waals surface area contributed by atoms with Gasteiger partial charge in [-0.2, -0.15) is 0 Å². The zero-order chi connectivity index (χ0) is 21.8. The van der Waals surface area contributed by atoms with Crippen LogP contribution in [-0.2, 0) is 22.7 Å². The minimum Gasteiger partial charge on any atom is -0.326 e. The van der Waals surface area contributed by atoms with Crippen molar-refractivity contribution in [2.24, 2.45) is 5.92 Å². The summed E-state index contributed by atoms with van der Waals surface area (Å²) < 4.78 is 2.50. The summed E-state index contributed by atoms with van der Waals surface area (Å²) in [6.45, 7) is 5.29. The van der Waals surface area contributed by atoms with E-state index in [2.05, 4.69) is 10.6 Å². The molecule has 0 aliphatic heterocycles. The Morgan fingerprint density at radius 3 is 2.10 bits per heavy atom. The first-order chi connectivity index (χ1) is 14.3. The Hall–Kier alpha value is -3.68. The van der Waals surface area contributed by atoms with Crippen molar-refractivity contribution in [1.29, 1.82) is 0 Å². The Morgan fingerprint density at radius 1 is 0.900 bits per heavy atom. The van der Waals surface area contributed by atoms with Crippen molar-refractivity contribution in [3.05, 3.63) is 69.4 Å². The van der Waals surface area contributed by atoms with Crippen LogP contribution in [0.3, 0.4) is 0 Å². The first kappa shape index (κ1) is 21.0. The Bertz CT molecular complexity index is 1210. The Kier molecular flexibility index (Phi) is 6.15. The number of benzene rings is 2. The van der Waals surface area contributed by atoms with Gasteiger partial charge < -0.3 is 10.6 Å². The van der Waals surface area contributed by atoms with Gasteiger partial charge in [-0.3, -0.25) is 23.5 Å². The summed E-state index contributed by atoms with van der Waals surface area (Å²) in [6, 6.07) is 13.4. The van der Waals surface area contributed by atoms with Crippen LogP contribution in [0.4, 0.5) is 11.4 Å². The predicted octanol–water partition coefficient (Wildman–Crippen LogP) is 2.42. The van der Waals surface area contributed by atoms with Crippen molar-refractivity contribution in [1.82, 2.24) is 9.13 Å². The number of carbonyl (C=O) groups excluding carboxylic acids is 2. The van der Waals surface area contributed by atoms with E-state index >= 15 is 0 Å². The zero-order valence-corrected chi connectivity index (χ0v) is 17.1. The molecule has 0 bridgehead atoms. The third-order valence-electron chi connectivity index (χ3n) is 4.47. The van der Waals surface area contributed by atoms with Crippen LogP contribution in [0.25, 0.3) is 10.9 Å². The fourth-order valence-electron chi connectivity index (χ4n) is 3.23. The third kappa shape index (κ3) is 4.65. The molecular formula is C22H24N4O4. The van der Waals surface area contributed by atoms with E-state index < -0.39 is 11.6 Å². The van der Waals surface area contributed by atoms with Gasteiger partial charge >= 0.3 is 5.69 Å². The molecule has 1 aromatic heterocycles. The topological polar surface area (TPSA) is 102 Å². The minimum atomic E-state index is -0.511. The minimum absolute atomic E-state index is 0.0981. The van der Waals surface area contributed by atoms with E-state index in [1.165, 1.54) is 16.1 Å². The molecule has 8 nitrogen and oxygen atoms in total. The standard InChI is InChI=1S/C22H24N4O4/c1-14(2)12-26-21(29)18-6-4-5-7-19(18)25(22(26)30)13-20(28)24-17-10-8-16(9-11-17)23-15(3)27/h4-11,14H,12-13H2,1-3H3,(H,23,27)(H,24,28). The monoisotopic (exact) mass is 408 g/mol. The summed E-state index contributed by atoms with van der Waals surface area (Å²) in [5.41, 5.74) is 0.701. The van der Waals surface area contributed by atoms with Crippen LogP contribution in [0.2, 0.25) is 0 Å². The van der Waals surface area contributed by atoms with Crippen LogP contribution in [0.1, 0.15) is 20.8 Å². The number of amides is 2. The van der Waals surface area contributed by atoms with E-state index in [0.717, 1.165) is 0 Å². The highest BCUT2D eigenvalue weighted by atomic mass is 16.2. The quantitative estimate of drug-likeness (QED) is 0.654. The van der Waals surface area contributed by atoms with Gasteiger partial charge in [-0.1, -0.05) is 26.0 Å². The van der Waals surface area contributed by atoms with Gasteiger partial charge in [0.25, 0.3) is 5.56 Å². The molecular weight excluding hydrogens is 384 g/mol. The normalized spacial score (nSPS) is 10.9. The maximum atomic E-state index is 13.0. The van der Waals surface area contributed by atoms with Crippen LogP contribution >= 0.6 is 0 Å². The van der Waals surface area contributed by atoms with Gasteiger partial charge in [0.1, 0.15) is 6.54 Å². The van der Waals surface area contributed by atoms with E-state index in [0.29, 0.717) is 22.3 Å². The number of anilines is 2. The molecule has 0 atom stereocenters. The molecule has 0 unspecified atom stereocenters. The fraction of sp³-hybridized carbons (Fsp3) is 0.273. The lowest BCUT2D eigenvalue weighted by atomic mass is 10.2. The second-order valence-corrected chi connectivity index (χ2v) is 7.50. The van der Waals surface area contributed by atoms with Crippen molar-refractivity contribution in [3.8, 4) is 0 Å². The van der Waals surface area contributed by atoms with Crippen molar-refractivity contribution in [2.75, 3.05) is 10.6 Å². The van der Waals surface area contributed by atoms with E-state index in [9.17, 15) is 19.2 Å². The largest absolute Gasteiger partial charge is 0.331 e. The molecule has 0 saturated carbocycles. The summed E-state index contributed by atoms with van der Waals surface area (Å²) in [7, 11) is 0. The molecule has 0 fully saturated rings. The summed E-state index contributed by atoms with van der Waals surface area (Å²) in [5, 5.41) is 5.78. The van der Waals surface area contributed by atoms with Gasteiger partial charge in [0.15, 0.2) is 0 Å². The molecule has 0 spiro atoms. The first-order valence-electron chi connectivity index (χ1n) is 9.66. The van der Waals surface area contributed by atoms with Gasteiger partial charge in [-0.05, 0) is 42.3 Å². The average Bonchev–Trinajstić information content (AvgIpc) is 2.69. The third-order valence-corrected chi connectivity index (χ3v) is 4.47. The number of fused-ring (bicyclic) bond motifs is 1. The van der Waals surface area contributed by atoms with Crippen LogP contribution in [-0.4, -0.2) is 20.9 Å². The average molecular weight is 408 g/mol. The molecule has 0 saturated heterocycles. The van der Waals surface area contributed by atoms with Crippen molar-refractivity contribution >= 4 is 34.1 Å². The van der Waals surface area contributed by atoms with Gasteiger partial charge in [-0.25, -0.2) is 4.79 Å². The summed E-state index contributed by atoms with van der Waals surface area (Å²) in [4.78, 5) is 49.5. The molecule has 2 N–H and O–H groups in total.